The fraction of sp³-hybridized carbons (Fsp3) is 0.702. The first-order chi connectivity index (χ1) is 31.0. The summed E-state index contributed by atoms with van der Waals surface area (Å²) >= 11 is 0. The van der Waals surface area contributed by atoms with E-state index in [2.05, 4.69) is 106 Å². The third-order valence-corrected chi connectivity index (χ3v) is 10.9. The summed E-state index contributed by atoms with van der Waals surface area (Å²) in [7, 11) is 0. The Kier molecular flexibility index (Phi) is 48.5. The van der Waals surface area contributed by atoms with Crippen LogP contribution in [0.4, 0.5) is 0 Å². The van der Waals surface area contributed by atoms with Crippen LogP contribution in [-0.4, -0.2) is 37.2 Å². The molecule has 360 valence electrons. The molecular formula is C57H96O6. The first-order valence-corrected chi connectivity index (χ1v) is 26.1. The second-order valence-corrected chi connectivity index (χ2v) is 17.1. The second-order valence-electron chi connectivity index (χ2n) is 17.1. The molecule has 6 nitrogen and oxygen atoms in total. The molecule has 0 heterocycles. The molecule has 0 aliphatic carbocycles. The predicted octanol–water partition coefficient (Wildman–Crippen LogP) is 17.2. The molecule has 0 saturated heterocycles. The molecule has 0 bridgehead atoms. The van der Waals surface area contributed by atoms with Crippen LogP contribution in [0.15, 0.2) is 85.1 Å². The van der Waals surface area contributed by atoms with E-state index in [1.165, 1.54) is 96.3 Å². The zero-order valence-corrected chi connectivity index (χ0v) is 41.1. The standard InChI is InChI=1S/C57H96O6/c1-4-7-10-13-16-19-22-24-26-28-30-32-35-38-41-44-47-50-56(59)62-53-54(52-61-55(58)49-46-43-40-37-34-21-18-15-12-9-6-3)63-57(60)51-48-45-42-39-36-33-31-29-27-25-23-20-17-14-11-8-5-2/h8,11,17,20,24-27,30-33,38,41,54H,4-7,9-10,12-16,18-19,21-23,28-29,34-37,39-40,42-53H2,1-3H3/b11-8-,20-17-,26-24-,27-25-,32-30-,33-31-,41-38-/t54-/m0/s1. The lowest BCUT2D eigenvalue weighted by molar-refractivity contribution is -0.167. The molecule has 0 unspecified atom stereocenters. The van der Waals surface area contributed by atoms with Gasteiger partial charge in [-0.15, -0.1) is 0 Å². The number of carbonyl (C=O) groups excluding carboxylic acids is 3. The topological polar surface area (TPSA) is 78.9 Å². The number of esters is 3. The summed E-state index contributed by atoms with van der Waals surface area (Å²) in [5.41, 5.74) is 0. The van der Waals surface area contributed by atoms with Crippen LogP contribution >= 0.6 is 0 Å². The van der Waals surface area contributed by atoms with Crippen molar-refractivity contribution in [1.29, 1.82) is 0 Å². The number of ether oxygens (including phenoxy) is 3. The van der Waals surface area contributed by atoms with E-state index in [-0.39, 0.29) is 37.5 Å². The largest absolute Gasteiger partial charge is 0.462 e. The fourth-order valence-corrected chi connectivity index (χ4v) is 6.98. The molecule has 0 aliphatic rings. The lowest BCUT2D eigenvalue weighted by atomic mass is 10.1. The van der Waals surface area contributed by atoms with Crippen LogP contribution in [0.1, 0.15) is 239 Å². The minimum Gasteiger partial charge on any atom is -0.462 e. The van der Waals surface area contributed by atoms with Gasteiger partial charge in [0.1, 0.15) is 13.2 Å². The number of carbonyl (C=O) groups is 3. The monoisotopic (exact) mass is 877 g/mol. The van der Waals surface area contributed by atoms with Gasteiger partial charge in [0.05, 0.1) is 0 Å². The van der Waals surface area contributed by atoms with Crippen molar-refractivity contribution in [3.05, 3.63) is 85.1 Å². The molecule has 0 amide bonds. The summed E-state index contributed by atoms with van der Waals surface area (Å²) in [5.74, 6) is -0.981. The van der Waals surface area contributed by atoms with E-state index in [1.807, 2.05) is 0 Å². The third kappa shape index (κ3) is 49.5. The van der Waals surface area contributed by atoms with Crippen molar-refractivity contribution in [1.82, 2.24) is 0 Å². The highest BCUT2D eigenvalue weighted by Crippen LogP contribution is 2.14. The molecule has 0 saturated carbocycles. The molecule has 0 aromatic heterocycles. The third-order valence-electron chi connectivity index (χ3n) is 10.9. The van der Waals surface area contributed by atoms with E-state index < -0.39 is 6.10 Å². The molecule has 0 aromatic carbocycles. The molecule has 0 fully saturated rings. The van der Waals surface area contributed by atoms with Crippen molar-refractivity contribution >= 4 is 17.9 Å². The average Bonchev–Trinajstić information content (AvgIpc) is 3.28. The average molecular weight is 877 g/mol. The number of unbranched alkanes of at least 4 members (excludes halogenated alkanes) is 21. The lowest BCUT2D eigenvalue weighted by Gasteiger charge is -2.18. The fourth-order valence-electron chi connectivity index (χ4n) is 6.98. The summed E-state index contributed by atoms with van der Waals surface area (Å²) in [5, 5.41) is 0. The Balaban J connectivity index is 4.49. The highest BCUT2D eigenvalue weighted by atomic mass is 16.6. The van der Waals surface area contributed by atoms with Crippen LogP contribution in [0.5, 0.6) is 0 Å². The normalized spacial score (nSPS) is 12.7. The maximum Gasteiger partial charge on any atom is 0.306 e. The first-order valence-electron chi connectivity index (χ1n) is 26.1. The lowest BCUT2D eigenvalue weighted by Crippen LogP contribution is -2.30. The van der Waals surface area contributed by atoms with Gasteiger partial charge < -0.3 is 14.2 Å². The van der Waals surface area contributed by atoms with Gasteiger partial charge in [-0.3, -0.25) is 14.4 Å². The van der Waals surface area contributed by atoms with E-state index >= 15 is 0 Å². The molecule has 63 heavy (non-hydrogen) atoms. The maximum atomic E-state index is 12.8. The highest BCUT2D eigenvalue weighted by molar-refractivity contribution is 5.71. The first kappa shape index (κ1) is 59.6. The number of hydrogen-bond acceptors (Lipinski definition) is 6. The zero-order valence-electron chi connectivity index (χ0n) is 41.1. The van der Waals surface area contributed by atoms with Gasteiger partial charge in [0.25, 0.3) is 0 Å². The highest BCUT2D eigenvalue weighted by Gasteiger charge is 2.19. The second kappa shape index (κ2) is 51.2. The van der Waals surface area contributed by atoms with E-state index in [0.717, 1.165) is 96.3 Å². The van der Waals surface area contributed by atoms with Crippen LogP contribution in [0.3, 0.4) is 0 Å². The van der Waals surface area contributed by atoms with Gasteiger partial charge in [0.15, 0.2) is 6.10 Å². The minimum atomic E-state index is -0.807. The summed E-state index contributed by atoms with van der Waals surface area (Å²) in [6.07, 6.45) is 65.7. The molecule has 0 aromatic rings. The molecule has 0 N–H and O–H groups in total. The van der Waals surface area contributed by atoms with Gasteiger partial charge in [-0.2, -0.15) is 0 Å². The van der Waals surface area contributed by atoms with Crippen molar-refractivity contribution in [3.63, 3.8) is 0 Å². The van der Waals surface area contributed by atoms with Crippen molar-refractivity contribution in [2.45, 2.75) is 245 Å². The molecule has 0 spiro atoms. The Hall–Kier alpha value is -3.41. The SMILES string of the molecule is CC/C=C\C/C=C\C/C=C\C/C=C\CCCCCCC(=O)O[C@H](COC(=O)CCC/C=C\C/C=C\C/C=C\CCCCCCCC)COC(=O)CCCCCCCCCCCCC. The van der Waals surface area contributed by atoms with Crippen molar-refractivity contribution < 1.29 is 28.6 Å². The van der Waals surface area contributed by atoms with Gasteiger partial charge >= 0.3 is 17.9 Å². The van der Waals surface area contributed by atoms with Crippen LogP contribution in [0, 0.1) is 0 Å². The molecule has 0 radical (unpaired) electrons. The quantitative estimate of drug-likeness (QED) is 0.0262. The van der Waals surface area contributed by atoms with Crippen LogP contribution < -0.4 is 0 Å². The zero-order chi connectivity index (χ0) is 45.8. The van der Waals surface area contributed by atoms with Gasteiger partial charge in [0, 0.05) is 19.3 Å². The van der Waals surface area contributed by atoms with E-state index in [0.29, 0.717) is 19.3 Å². The van der Waals surface area contributed by atoms with Crippen molar-refractivity contribution in [2.24, 2.45) is 0 Å². The maximum absolute atomic E-state index is 12.8. The number of allylic oxidation sites excluding steroid dienone is 14. The van der Waals surface area contributed by atoms with Crippen molar-refractivity contribution in [2.75, 3.05) is 13.2 Å². The molecule has 0 rings (SSSR count). The predicted molar refractivity (Wildman–Crippen MR) is 270 cm³/mol. The Morgan fingerprint density at radius 1 is 0.333 bits per heavy atom. The summed E-state index contributed by atoms with van der Waals surface area (Å²) in [6.45, 7) is 6.44. The number of hydrogen-bond donors (Lipinski definition) is 0. The summed E-state index contributed by atoms with van der Waals surface area (Å²) in [4.78, 5) is 37.9. The van der Waals surface area contributed by atoms with Gasteiger partial charge in [-0.05, 0) is 89.9 Å². The van der Waals surface area contributed by atoms with Gasteiger partial charge in [-0.1, -0.05) is 215 Å². The Bertz CT molecular complexity index is 1240. The van der Waals surface area contributed by atoms with E-state index in [9.17, 15) is 14.4 Å². The number of rotatable bonds is 46. The molecule has 6 heteroatoms. The molecular weight excluding hydrogens is 781 g/mol. The summed E-state index contributed by atoms with van der Waals surface area (Å²) < 4.78 is 16.7. The van der Waals surface area contributed by atoms with E-state index in [1.54, 1.807) is 0 Å². The van der Waals surface area contributed by atoms with Crippen LogP contribution in [0.2, 0.25) is 0 Å². The van der Waals surface area contributed by atoms with Gasteiger partial charge in [0.2, 0.25) is 0 Å². The Morgan fingerprint density at radius 2 is 0.635 bits per heavy atom. The van der Waals surface area contributed by atoms with Crippen LogP contribution in [-0.2, 0) is 28.6 Å². The van der Waals surface area contributed by atoms with E-state index in [4.69, 9.17) is 14.2 Å². The Morgan fingerprint density at radius 3 is 1.03 bits per heavy atom. The van der Waals surface area contributed by atoms with Crippen LogP contribution in [0.25, 0.3) is 0 Å². The van der Waals surface area contributed by atoms with Crippen molar-refractivity contribution in [3.8, 4) is 0 Å². The molecule has 1 atom stereocenters. The Labute approximate surface area is 388 Å². The smallest absolute Gasteiger partial charge is 0.306 e. The summed E-state index contributed by atoms with van der Waals surface area (Å²) in [6, 6.07) is 0. The molecule has 0 aliphatic heterocycles. The minimum absolute atomic E-state index is 0.101. The van der Waals surface area contributed by atoms with Gasteiger partial charge in [-0.25, -0.2) is 0 Å².